The minimum absolute atomic E-state index is 0.00956. The zero-order valence-electron chi connectivity index (χ0n) is 16.8. The summed E-state index contributed by atoms with van der Waals surface area (Å²) < 4.78 is 29.6. The highest BCUT2D eigenvalue weighted by molar-refractivity contribution is 7.92. The molecule has 31 heavy (non-hydrogen) atoms. The van der Waals surface area contributed by atoms with E-state index in [-0.39, 0.29) is 10.5 Å². The minimum atomic E-state index is -3.94. The maximum absolute atomic E-state index is 13.4. The number of carboxylic acids is 1. The number of sulfonamides is 1. The first-order valence-corrected chi connectivity index (χ1v) is 12.6. The Bertz CT molecular complexity index is 1280. The third-order valence-corrected chi connectivity index (χ3v) is 8.46. The molecule has 0 amide bonds. The van der Waals surface area contributed by atoms with Crippen molar-refractivity contribution in [1.29, 1.82) is 0 Å². The molecule has 0 unspecified atom stereocenters. The number of nitrogens with zero attached hydrogens (tertiary/aromatic N) is 1. The van der Waals surface area contributed by atoms with E-state index in [9.17, 15) is 18.3 Å². The van der Waals surface area contributed by atoms with Gasteiger partial charge < -0.3 is 10.0 Å². The van der Waals surface area contributed by atoms with Crippen LogP contribution in [-0.2, 0) is 35.8 Å². The first-order chi connectivity index (χ1) is 14.9. The Kier molecular flexibility index (Phi) is 4.98. The molecule has 3 aromatic rings. The largest absolute Gasteiger partial charge is 0.478 e. The summed E-state index contributed by atoms with van der Waals surface area (Å²) in [5.41, 5.74) is 4.17. The molecule has 2 N–H and O–H groups in total. The number of anilines is 2. The first kappa shape index (κ1) is 20.1. The van der Waals surface area contributed by atoms with Crippen molar-refractivity contribution in [2.24, 2.45) is 0 Å². The highest BCUT2D eigenvalue weighted by atomic mass is 32.2. The molecule has 0 saturated carbocycles. The molecule has 0 radical (unpaired) electrons. The number of carboxylic acid groups (broad SMARTS) is 1. The van der Waals surface area contributed by atoms with Crippen LogP contribution in [0.1, 0.15) is 38.3 Å². The predicted octanol–water partition coefficient (Wildman–Crippen LogP) is 4.30. The number of rotatable bonds is 5. The average Bonchev–Trinajstić information content (AvgIpc) is 3.41. The number of para-hydroxylation sites is 2. The summed E-state index contributed by atoms with van der Waals surface area (Å²) in [5.74, 6) is -1.12. The van der Waals surface area contributed by atoms with E-state index in [1.165, 1.54) is 16.5 Å². The second-order valence-electron chi connectivity index (χ2n) is 7.93. The average molecular weight is 455 g/mol. The van der Waals surface area contributed by atoms with Crippen LogP contribution in [0.2, 0.25) is 0 Å². The molecule has 2 aliphatic rings. The fourth-order valence-corrected chi connectivity index (χ4v) is 6.82. The van der Waals surface area contributed by atoms with Crippen molar-refractivity contribution in [1.82, 2.24) is 0 Å². The van der Waals surface area contributed by atoms with Gasteiger partial charge in [-0.3, -0.25) is 4.72 Å². The number of nitrogens with one attached hydrogen (secondary N) is 1. The van der Waals surface area contributed by atoms with Crippen LogP contribution in [0.3, 0.4) is 0 Å². The van der Waals surface area contributed by atoms with E-state index in [1.807, 2.05) is 12.1 Å². The zero-order valence-corrected chi connectivity index (χ0v) is 18.4. The standard InChI is InChI=1S/C23H22N2O4S2/c26-23(27)17-12-15-4-3-5-18(15)22(13-17)31(28,29)24-19-6-1-2-7-20(19)25-10-8-21-16(14-25)9-11-30-21/h1-2,6-7,9,11-13,24H,3-5,8,10,14H2,(H,26,27). The van der Waals surface area contributed by atoms with Gasteiger partial charge in [-0.15, -0.1) is 11.3 Å². The van der Waals surface area contributed by atoms with Crippen LogP contribution in [-0.4, -0.2) is 26.0 Å². The van der Waals surface area contributed by atoms with Gasteiger partial charge in [0.2, 0.25) is 0 Å². The summed E-state index contributed by atoms with van der Waals surface area (Å²) in [6.07, 6.45) is 3.10. The number of aryl methyl sites for hydroxylation is 1. The molecule has 1 aromatic heterocycles. The van der Waals surface area contributed by atoms with Crippen LogP contribution in [0.5, 0.6) is 0 Å². The van der Waals surface area contributed by atoms with Gasteiger partial charge in [0, 0.05) is 18.0 Å². The second-order valence-corrected chi connectivity index (χ2v) is 10.6. The molecule has 6 nitrogen and oxygen atoms in total. The van der Waals surface area contributed by atoms with Gasteiger partial charge in [0.15, 0.2) is 0 Å². The van der Waals surface area contributed by atoms with Gasteiger partial charge in [0.1, 0.15) is 0 Å². The number of hydrogen-bond donors (Lipinski definition) is 2. The minimum Gasteiger partial charge on any atom is -0.478 e. The summed E-state index contributed by atoms with van der Waals surface area (Å²) >= 11 is 1.76. The van der Waals surface area contributed by atoms with Crippen molar-refractivity contribution in [3.8, 4) is 0 Å². The van der Waals surface area contributed by atoms with Crippen molar-refractivity contribution in [3.63, 3.8) is 0 Å². The molecular weight excluding hydrogens is 432 g/mol. The van der Waals surface area contributed by atoms with Crippen LogP contribution in [0.4, 0.5) is 11.4 Å². The Morgan fingerprint density at radius 3 is 2.74 bits per heavy atom. The number of aromatic carboxylic acids is 1. The molecule has 160 valence electrons. The van der Waals surface area contributed by atoms with Crippen molar-refractivity contribution in [2.45, 2.75) is 37.1 Å². The molecule has 1 aliphatic heterocycles. The molecule has 0 bridgehead atoms. The van der Waals surface area contributed by atoms with Crippen molar-refractivity contribution in [2.75, 3.05) is 16.2 Å². The molecule has 0 saturated heterocycles. The lowest BCUT2D eigenvalue weighted by atomic mass is 10.1. The summed E-state index contributed by atoms with van der Waals surface area (Å²) in [6, 6.07) is 12.4. The van der Waals surface area contributed by atoms with E-state index in [0.717, 1.165) is 42.7 Å². The molecule has 8 heteroatoms. The maximum atomic E-state index is 13.4. The van der Waals surface area contributed by atoms with E-state index in [1.54, 1.807) is 29.5 Å². The Morgan fingerprint density at radius 1 is 1.06 bits per heavy atom. The highest BCUT2D eigenvalue weighted by Crippen LogP contribution is 2.35. The summed E-state index contributed by atoms with van der Waals surface area (Å²) in [7, 11) is -3.94. The maximum Gasteiger partial charge on any atom is 0.335 e. The third-order valence-electron chi connectivity index (χ3n) is 6.01. The molecule has 0 atom stereocenters. The Hall–Kier alpha value is -2.84. The number of fused-ring (bicyclic) bond motifs is 2. The van der Waals surface area contributed by atoms with Crippen molar-refractivity contribution in [3.05, 3.63) is 75.0 Å². The summed E-state index contributed by atoms with van der Waals surface area (Å²) in [6.45, 7) is 1.55. The monoisotopic (exact) mass is 454 g/mol. The first-order valence-electron chi connectivity index (χ1n) is 10.2. The van der Waals surface area contributed by atoms with E-state index in [0.29, 0.717) is 18.5 Å². The quantitative estimate of drug-likeness (QED) is 0.600. The molecule has 5 rings (SSSR count). The predicted molar refractivity (Wildman–Crippen MR) is 122 cm³/mol. The molecule has 0 spiro atoms. The third kappa shape index (κ3) is 3.70. The topological polar surface area (TPSA) is 86.7 Å². The lowest BCUT2D eigenvalue weighted by molar-refractivity contribution is 0.0696. The van der Waals surface area contributed by atoms with Gasteiger partial charge in [-0.05, 0) is 78.1 Å². The molecule has 2 heterocycles. The van der Waals surface area contributed by atoms with Crippen LogP contribution >= 0.6 is 11.3 Å². The SMILES string of the molecule is O=C(O)c1cc2c(c(S(=O)(=O)Nc3ccccc3N3CCc4sccc4C3)c1)CCC2. The van der Waals surface area contributed by atoms with E-state index < -0.39 is 16.0 Å². The zero-order chi connectivity index (χ0) is 21.6. The fraction of sp³-hybridized carbons (Fsp3) is 0.261. The molecular formula is C23H22N2O4S2. The second kappa shape index (κ2) is 7.69. The normalized spacial score (nSPS) is 15.4. The van der Waals surface area contributed by atoms with E-state index >= 15 is 0 Å². The van der Waals surface area contributed by atoms with E-state index in [4.69, 9.17) is 0 Å². The molecule has 2 aromatic carbocycles. The van der Waals surface area contributed by atoms with Gasteiger partial charge in [-0.1, -0.05) is 12.1 Å². The Morgan fingerprint density at radius 2 is 1.90 bits per heavy atom. The van der Waals surface area contributed by atoms with Gasteiger partial charge in [-0.2, -0.15) is 0 Å². The number of thiophene rings is 1. The Balaban J connectivity index is 1.51. The molecule has 1 aliphatic carbocycles. The smallest absolute Gasteiger partial charge is 0.335 e. The van der Waals surface area contributed by atoms with Gasteiger partial charge in [0.25, 0.3) is 10.0 Å². The van der Waals surface area contributed by atoms with Crippen LogP contribution < -0.4 is 9.62 Å². The van der Waals surface area contributed by atoms with Gasteiger partial charge >= 0.3 is 5.97 Å². The number of hydrogen-bond acceptors (Lipinski definition) is 5. The lowest BCUT2D eigenvalue weighted by Gasteiger charge is -2.30. The lowest BCUT2D eigenvalue weighted by Crippen LogP contribution is -2.30. The van der Waals surface area contributed by atoms with Crippen molar-refractivity contribution >= 4 is 38.7 Å². The summed E-state index contributed by atoms with van der Waals surface area (Å²) in [5, 5.41) is 11.5. The van der Waals surface area contributed by atoms with E-state index in [2.05, 4.69) is 21.1 Å². The number of carbonyl (C=O) groups is 1. The van der Waals surface area contributed by atoms with Crippen molar-refractivity contribution < 1.29 is 18.3 Å². The van der Waals surface area contributed by atoms with Crippen LogP contribution in [0.15, 0.2) is 52.7 Å². The highest BCUT2D eigenvalue weighted by Gasteiger charge is 2.28. The number of benzene rings is 2. The fourth-order valence-electron chi connectivity index (χ4n) is 4.52. The van der Waals surface area contributed by atoms with Gasteiger partial charge in [-0.25, -0.2) is 13.2 Å². The van der Waals surface area contributed by atoms with Crippen LogP contribution in [0, 0.1) is 0 Å². The summed E-state index contributed by atoms with van der Waals surface area (Å²) in [4.78, 5) is 15.2. The van der Waals surface area contributed by atoms with Crippen LogP contribution in [0.25, 0.3) is 0 Å². The van der Waals surface area contributed by atoms with Gasteiger partial charge in [0.05, 0.1) is 21.8 Å². The Labute approximate surface area is 185 Å². The molecule has 0 fully saturated rings.